The third kappa shape index (κ3) is 5.03. The van der Waals surface area contributed by atoms with Crippen molar-refractivity contribution in [2.45, 2.75) is 51.2 Å². The molecule has 146 valence electrons. The van der Waals surface area contributed by atoms with Crippen LogP contribution in [0.3, 0.4) is 0 Å². The fraction of sp³-hybridized carbons (Fsp3) is 0.550. The zero-order chi connectivity index (χ0) is 19.2. The zero-order valence-corrected chi connectivity index (χ0v) is 17.2. The Morgan fingerprint density at radius 2 is 1.81 bits per heavy atom. The van der Waals surface area contributed by atoms with E-state index in [9.17, 15) is 4.79 Å². The van der Waals surface area contributed by atoms with Crippen LogP contribution in [0.5, 0.6) is 0 Å². The van der Waals surface area contributed by atoms with E-state index >= 15 is 0 Å². The van der Waals surface area contributed by atoms with Crippen molar-refractivity contribution >= 4 is 23.6 Å². The Morgan fingerprint density at radius 3 is 2.48 bits per heavy atom. The van der Waals surface area contributed by atoms with Crippen molar-refractivity contribution in [3.8, 4) is 5.69 Å². The van der Waals surface area contributed by atoms with E-state index in [-0.39, 0.29) is 11.9 Å². The molecular weight excluding hydrogens is 358 g/mol. The highest BCUT2D eigenvalue weighted by molar-refractivity contribution is 7.99. The van der Waals surface area contributed by atoms with Crippen LogP contribution in [0.2, 0.25) is 0 Å². The predicted octanol–water partition coefficient (Wildman–Crippen LogP) is 3.51. The molecule has 0 spiro atoms. The quantitative estimate of drug-likeness (QED) is 0.737. The van der Waals surface area contributed by atoms with E-state index in [0.29, 0.717) is 11.7 Å². The average Bonchev–Trinajstić information content (AvgIpc) is 3.11. The van der Waals surface area contributed by atoms with Crippen LogP contribution in [0.4, 0.5) is 5.95 Å². The van der Waals surface area contributed by atoms with Gasteiger partial charge in [0.05, 0.1) is 11.4 Å². The van der Waals surface area contributed by atoms with E-state index in [4.69, 9.17) is 0 Å². The first kappa shape index (κ1) is 19.7. The van der Waals surface area contributed by atoms with Gasteiger partial charge in [0.1, 0.15) is 0 Å². The topological polar surface area (TPSA) is 63.1 Å². The first-order valence-electron chi connectivity index (χ1n) is 9.74. The molecule has 1 unspecified atom stereocenters. The number of piperidine rings is 1. The normalized spacial score (nSPS) is 15.8. The predicted molar refractivity (Wildman–Crippen MR) is 111 cm³/mol. The molecule has 6 nitrogen and oxygen atoms in total. The van der Waals surface area contributed by atoms with Crippen molar-refractivity contribution in [2.75, 3.05) is 23.7 Å². The Morgan fingerprint density at radius 1 is 1.11 bits per heavy atom. The number of nitrogens with one attached hydrogen (secondary N) is 1. The standard InChI is InChI=1S/C20H29N5OS/c1-15(2)16(3)21-18(26)14-27-20-23-22-19(24-12-8-5-9-13-24)25(20)17-10-6-4-7-11-17/h4,6-7,10-11,15-16H,5,8-9,12-14H2,1-3H3,(H,21,26). The van der Waals surface area contributed by atoms with Gasteiger partial charge < -0.3 is 10.2 Å². The SMILES string of the molecule is CC(C)C(C)NC(=O)CSc1nnc(N2CCCCC2)n1-c1ccccc1. The number of amides is 1. The molecular formula is C20H29N5OS. The van der Waals surface area contributed by atoms with Gasteiger partial charge in [0.2, 0.25) is 11.9 Å². The molecule has 0 saturated carbocycles. The minimum Gasteiger partial charge on any atom is -0.353 e. The van der Waals surface area contributed by atoms with Gasteiger partial charge in [0, 0.05) is 19.1 Å². The minimum absolute atomic E-state index is 0.0309. The summed E-state index contributed by atoms with van der Waals surface area (Å²) in [6.07, 6.45) is 3.63. The fourth-order valence-electron chi connectivity index (χ4n) is 3.05. The molecule has 1 aliphatic heterocycles. The Kier molecular flexibility index (Phi) is 6.77. The van der Waals surface area contributed by atoms with Crippen LogP contribution in [0, 0.1) is 5.92 Å². The minimum atomic E-state index is 0.0309. The highest BCUT2D eigenvalue weighted by Gasteiger charge is 2.22. The largest absolute Gasteiger partial charge is 0.353 e. The van der Waals surface area contributed by atoms with Crippen molar-refractivity contribution < 1.29 is 4.79 Å². The van der Waals surface area contributed by atoms with Gasteiger partial charge in [-0.1, -0.05) is 43.8 Å². The van der Waals surface area contributed by atoms with E-state index in [1.54, 1.807) is 0 Å². The highest BCUT2D eigenvalue weighted by Crippen LogP contribution is 2.28. The van der Waals surface area contributed by atoms with E-state index in [1.165, 1.54) is 31.0 Å². The lowest BCUT2D eigenvalue weighted by atomic mass is 10.1. The summed E-state index contributed by atoms with van der Waals surface area (Å²) in [5.74, 6) is 1.66. The van der Waals surface area contributed by atoms with Gasteiger partial charge in [-0.2, -0.15) is 0 Å². The molecule has 1 aromatic carbocycles. The summed E-state index contributed by atoms with van der Waals surface area (Å²) in [4.78, 5) is 14.6. The Bertz CT molecular complexity index is 740. The molecule has 2 heterocycles. The summed E-state index contributed by atoms with van der Waals surface area (Å²) in [6, 6.07) is 10.3. The molecule has 2 aromatic rings. The number of carbonyl (C=O) groups excluding carboxylic acids is 1. The lowest BCUT2D eigenvalue weighted by Gasteiger charge is -2.27. The molecule has 1 fully saturated rings. The molecule has 1 saturated heterocycles. The van der Waals surface area contributed by atoms with Gasteiger partial charge >= 0.3 is 0 Å². The summed E-state index contributed by atoms with van der Waals surface area (Å²) in [5.41, 5.74) is 1.03. The first-order valence-corrected chi connectivity index (χ1v) is 10.7. The highest BCUT2D eigenvalue weighted by atomic mass is 32.2. The van der Waals surface area contributed by atoms with Crippen LogP contribution >= 0.6 is 11.8 Å². The molecule has 1 amide bonds. The van der Waals surface area contributed by atoms with Crippen molar-refractivity contribution in [3.63, 3.8) is 0 Å². The number of anilines is 1. The van der Waals surface area contributed by atoms with Crippen LogP contribution in [0.1, 0.15) is 40.0 Å². The van der Waals surface area contributed by atoms with Crippen molar-refractivity contribution in [1.82, 2.24) is 20.1 Å². The number of hydrogen-bond acceptors (Lipinski definition) is 5. The van der Waals surface area contributed by atoms with E-state index < -0.39 is 0 Å². The number of hydrogen-bond donors (Lipinski definition) is 1. The molecule has 0 aliphatic carbocycles. The van der Waals surface area contributed by atoms with Gasteiger partial charge in [0.15, 0.2) is 5.16 Å². The van der Waals surface area contributed by atoms with Gasteiger partial charge in [-0.3, -0.25) is 9.36 Å². The van der Waals surface area contributed by atoms with Crippen LogP contribution in [0.15, 0.2) is 35.5 Å². The Hall–Kier alpha value is -2.02. The summed E-state index contributed by atoms with van der Waals surface area (Å²) >= 11 is 1.44. The van der Waals surface area contributed by atoms with Crippen molar-refractivity contribution in [1.29, 1.82) is 0 Å². The maximum atomic E-state index is 12.3. The third-order valence-corrected chi connectivity index (χ3v) is 5.92. The summed E-state index contributed by atoms with van der Waals surface area (Å²) < 4.78 is 2.08. The molecule has 1 atom stereocenters. The molecule has 7 heteroatoms. The second kappa shape index (κ2) is 9.26. The van der Waals surface area contributed by atoms with Crippen LogP contribution in [-0.2, 0) is 4.79 Å². The van der Waals surface area contributed by atoms with Crippen molar-refractivity contribution in [3.05, 3.63) is 30.3 Å². The molecule has 3 rings (SSSR count). The summed E-state index contributed by atoms with van der Waals surface area (Å²) in [7, 11) is 0. The molecule has 0 bridgehead atoms. The molecule has 1 N–H and O–H groups in total. The Balaban J connectivity index is 1.78. The summed E-state index contributed by atoms with van der Waals surface area (Å²) in [5, 5.41) is 12.7. The number of rotatable bonds is 7. The molecule has 1 aliphatic rings. The van der Waals surface area contributed by atoms with Crippen LogP contribution in [0.25, 0.3) is 5.69 Å². The summed E-state index contributed by atoms with van der Waals surface area (Å²) in [6.45, 7) is 8.25. The lowest BCUT2D eigenvalue weighted by molar-refractivity contribution is -0.119. The monoisotopic (exact) mass is 387 g/mol. The third-order valence-electron chi connectivity index (χ3n) is 4.99. The van der Waals surface area contributed by atoms with Crippen LogP contribution in [-0.4, -0.2) is 45.6 Å². The smallest absolute Gasteiger partial charge is 0.232 e. The van der Waals surface area contributed by atoms with E-state index in [1.807, 2.05) is 25.1 Å². The van der Waals surface area contributed by atoms with Gasteiger partial charge in [-0.15, -0.1) is 10.2 Å². The Labute approximate surface area is 165 Å². The number of aromatic nitrogens is 3. The van der Waals surface area contributed by atoms with Gasteiger partial charge in [0.25, 0.3) is 0 Å². The maximum absolute atomic E-state index is 12.3. The number of nitrogens with zero attached hydrogens (tertiary/aromatic N) is 4. The second-order valence-electron chi connectivity index (χ2n) is 7.39. The molecule has 27 heavy (non-hydrogen) atoms. The zero-order valence-electron chi connectivity index (χ0n) is 16.4. The number of benzene rings is 1. The van der Waals surface area contributed by atoms with E-state index in [0.717, 1.165) is 29.9 Å². The van der Waals surface area contributed by atoms with Crippen LogP contribution < -0.4 is 10.2 Å². The first-order chi connectivity index (χ1) is 13.1. The van der Waals surface area contributed by atoms with Crippen molar-refractivity contribution in [2.24, 2.45) is 5.92 Å². The fourth-order valence-corrected chi connectivity index (χ4v) is 3.81. The van der Waals surface area contributed by atoms with E-state index in [2.05, 4.69) is 51.0 Å². The molecule has 0 radical (unpaired) electrons. The number of para-hydroxylation sites is 1. The number of carbonyl (C=O) groups is 1. The lowest BCUT2D eigenvalue weighted by Crippen LogP contribution is -2.37. The van der Waals surface area contributed by atoms with Gasteiger partial charge in [-0.05, 0) is 44.2 Å². The van der Waals surface area contributed by atoms with Gasteiger partial charge in [-0.25, -0.2) is 0 Å². The number of thioether (sulfide) groups is 1. The molecule has 1 aromatic heterocycles. The second-order valence-corrected chi connectivity index (χ2v) is 8.33. The maximum Gasteiger partial charge on any atom is 0.232 e. The average molecular weight is 388 g/mol.